The van der Waals surface area contributed by atoms with Gasteiger partial charge in [0.15, 0.2) is 17.5 Å². The molecule has 5 heteroatoms. The van der Waals surface area contributed by atoms with E-state index >= 15 is 0 Å². The van der Waals surface area contributed by atoms with Crippen LogP contribution in [0.1, 0.15) is 0 Å². The van der Waals surface area contributed by atoms with Crippen LogP contribution in [0.3, 0.4) is 0 Å². The molecule has 11 rings (SSSR count). The highest BCUT2D eigenvalue weighted by atomic mass is 32.1. The van der Waals surface area contributed by atoms with Gasteiger partial charge in [0.2, 0.25) is 0 Å². The van der Waals surface area contributed by atoms with E-state index in [4.69, 9.17) is 19.4 Å². The fraction of sp³-hybridized carbons (Fsp3) is 0. The highest BCUT2D eigenvalue weighted by Crippen LogP contribution is 2.43. The van der Waals surface area contributed by atoms with Gasteiger partial charge in [0, 0.05) is 53.2 Å². The first kappa shape index (κ1) is 32.2. The van der Waals surface area contributed by atoms with E-state index in [2.05, 4.69) is 127 Å². The van der Waals surface area contributed by atoms with E-state index < -0.39 is 0 Å². The van der Waals surface area contributed by atoms with Gasteiger partial charge in [-0.2, -0.15) is 0 Å². The summed E-state index contributed by atoms with van der Waals surface area (Å²) < 4.78 is 9.38. The predicted octanol–water partition coefficient (Wildman–Crippen LogP) is 14.1. The summed E-state index contributed by atoms with van der Waals surface area (Å²) in [5.41, 5.74) is 11.3. The average molecular weight is 734 g/mol. The van der Waals surface area contributed by atoms with Gasteiger partial charge in [-0.15, -0.1) is 11.3 Å². The normalized spacial score (nSPS) is 11.6. The summed E-state index contributed by atoms with van der Waals surface area (Å²) in [5, 5.41) is 4.77. The lowest BCUT2D eigenvalue weighted by atomic mass is 9.94. The number of rotatable bonds is 6. The molecule has 0 aliphatic heterocycles. The Hall–Kier alpha value is -7.21. The molecule has 0 aliphatic rings. The predicted molar refractivity (Wildman–Crippen MR) is 233 cm³/mol. The van der Waals surface area contributed by atoms with E-state index in [1.165, 1.54) is 31.3 Å². The fourth-order valence-corrected chi connectivity index (χ4v) is 9.08. The summed E-state index contributed by atoms with van der Waals surface area (Å²) in [6.07, 6.45) is 0. The third kappa shape index (κ3) is 5.48. The Bertz CT molecular complexity index is 3200. The van der Waals surface area contributed by atoms with E-state index in [0.717, 1.165) is 60.9 Å². The second kappa shape index (κ2) is 13.3. The number of furan rings is 1. The average Bonchev–Trinajstić information content (AvgIpc) is 3.86. The van der Waals surface area contributed by atoms with Crippen LogP contribution in [0, 0.1) is 0 Å². The number of para-hydroxylation sites is 1. The molecule has 3 aromatic heterocycles. The van der Waals surface area contributed by atoms with Crippen molar-refractivity contribution >= 4 is 53.4 Å². The molecule has 0 saturated heterocycles. The minimum absolute atomic E-state index is 0.622. The monoisotopic (exact) mass is 733 g/mol. The molecule has 0 saturated carbocycles. The van der Waals surface area contributed by atoms with Crippen molar-refractivity contribution in [2.45, 2.75) is 0 Å². The smallest absolute Gasteiger partial charge is 0.164 e. The first-order valence-electron chi connectivity index (χ1n) is 18.7. The van der Waals surface area contributed by atoms with E-state index in [0.29, 0.717) is 17.5 Å². The van der Waals surface area contributed by atoms with Crippen molar-refractivity contribution in [3.05, 3.63) is 188 Å². The van der Waals surface area contributed by atoms with Crippen molar-refractivity contribution in [3.8, 4) is 67.5 Å². The van der Waals surface area contributed by atoms with Gasteiger partial charge in [-0.3, -0.25) is 0 Å². The zero-order chi connectivity index (χ0) is 37.0. The highest BCUT2D eigenvalue weighted by Gasteiger charge is 2.19. The fourth-order valence-electron chi connectivity index (χ4n) is 7.95. The summed E-state index contributed by atoms with van der Waals surface area (Å²) in [7, 11) is 0. The lowest BCUT2D eigenvalue weighted by molar-refractivity contribution is 0.670. The Kier molecular flexibility index (Phi) is 7.64. The second-order valence-corrected chi connectivity index (χ2v) is 15.0. The standard InChI is InChI=1S/C51H31N3OS/c1-3-14-32(15-4-1)49-52-50(33-16-5-2-6-17-33)54-51(53-49)37-21-10-19-35(31-37)38-23-12-27-43-46(38)42-26-11-25-40(48(42)55-43)36-20-9-18-34(30-36)39-24-13-29-45-47(39)41-22-7-8-28-44(41)56-45/h1-31H. The largest absolute Gasteiger partial charge is 0.455 e. The maximum atomic E-state index is 6.77. The minimum atomic E-state index is 0.622. The molecule has 262 valence electrons. The maximum absolute atomic E-state index is 6.77. The molecule has 0 aliphatic carbocycles. The lowest BCUT2D eigenvalue weighted by Gasteiger charge is -2.10. The lowest BCUT2D eigenvalue weighted by Crippen LogP contribution is -2.00. The zero-order valence-electron chi connectivity index (χ0n) is 30.1. The van der Waals surface area contributed by atoms with Crippen molar-refractivity contribution in [1.29, 1.82) is 0 Å². The summed E-state index contributed by atoms with van der Waals surface area (Å²) in [6.45, 7) is 0. The first-order valence-corrected chi connectivity index (χ1v) is 19.5. The summed E-state index contributed by atoms with van der Waals surface area (Å²) in [5.74, 6) is 1.90. The summed E-state index contributed by atoms with van der Waals surface area (Å²) >= 11 is 1.85. The van der Waals surface area contributed by atoms with Crippen molar-refractivity contribution in [2.75, 3.05) is 0 Å². The summed E-state index contributed by atoms with van der Waals surface area (Å²) in [4.78, 5) is 14.9. The van der Waals surface area contributed by atoms with E-state index in [1.54, 1.807) is 0 Å². The van der Waals surface area contributed by atoms with Gasteiger partial charge in [0.25, 0.3) is 0 Å². The van der Waals surface area contributed by atoms with E-state index in [-0.39, 0.29) is 0 Å². The first-order chi connectivity index (χ1) is 27.7. The van der Waals surface area contributed by atoms with E-state index in [9.17, 15) is 0 Å². The molecule has 0 bridgehead atoms. The van der Waals surface area contributed by atoms with Crippen LogP contribution in [0.2, 0.25) is 0 Å². The highest BCUT2D eigenvalue weighted by molar-refractivity contribution is 7.25. The van der Waals surface area contributed by atoms with Crippen LogP contribution in [-0.4, -0.2) is 15.0 Å². The number of fused-ring (bicyclic) bond motifs is 6. The van der Waals surface area contributed by atoms with Crippen molar-refractivity contribution in [1.82, 2.24) is 15.0 Å². The van der Waals surface area contributed by atoms with Crippen LogP contribution >= 0.6 is 11.3 Å². The molecule has 56 heavy (non-hydrogen) atoms. The molecule has 0 spiro atoms. The summed E-state index contributed by atoms with van der Waals surface area (Å²) in [6, 6.07) is 65.6. The molecular weight excluding hydrogens is 703 g/mol. The van der Waals surface area contributed by atoms with Crippen molar-refractivity contribution < 1.29 is 4.42 Å². The molecule has 0 N–H and O–H groups in total. The number of hydrogen-bond donors (Lipinski definition) is 0. The Morgan fingerprint density at radius 1 is 0.339 bits per heavy atom. The zero-order valence-corrected chi connectivity index (χ0v) is 30.9. The number of hydrogen-bond acceptors (Lipinski definition) is 5. The Morgan fingerprint density at radius 2 is 0.804 bits per heavy atom. The Labute approximate surface area is 327 Å². The third-order valence-electron chi connectivity index (χ3n) is 10.5. The van der Waals surface area contributed by atoms with Gasteiger partial charge < -0.3 is 4.42 Å². The molecule has 3 heterocycles. The number of benzene rings is 8. The molecule has 0 amide bonds. The van der Waals surface area contributed by atoms with Gasteiger partial charge in [-0.25, -0.2) is 15.0 Å². The van der Waals surface area contributed by atoms with Gasteiger partial charge >= 0.3 is 0 Å². The van der Waals surface area contributed by atoms with Crippen LogP contribution in [0.25, 0.3) is 110 Å². The molecule has 0 radical (unpaired) electrons. The quantitative estimate of drug-likeness (QED) is 0.171. The molecule has 4 nitrogen and oxygen atoms in total. The number of aromatic nitrogens is 3. The Morgan fingerprint density at radius 3 is 1.52 bits per heavy atom. The Balaban J connectivity index is 1.03. The molecule has 8 aromatic carbocycles. The van der Waals surface area contributed by atoms with Crippen LogP contribution in [0.5, 0.6) is 0 Å². The van der Waals surface area contributed by atoms with Gasteiger partial charge in [-0.05, 0) is 58.1 Å². The van der Waals surface area contributed by atoms with Crippen LogP contribution < -0.4 is 0 Å². The molecule has 0 fully saturated rings. The SMILES string of the molecule is c1ccc(-c2nc(-c3ccccc3)nc(-c3cccc(-c4cccc5oc6c(-c7cccc(-c8cccc9sc%10ccccc%10c89)c7)cccc6c45)c3)n2)cc1. The van der Waals surface area contributed by atoms with Crippen LogP contribution in [-0.2, 0) is 0 Å². The molecule has 0 unspecified atom stereocenters. The maximum Gasteiger partial charge on any atom is 0.164 e. The molecule has 0 atom stereocenters. The van der Waals surface area contributed by atoms with Crippen LogP contribution in [0.15, 0.2) is 192 Å². The van der Waals surface area contributed by atoms with Gasteiger partial charge in [-0.1, -0.05) is 158 Å². The van der Waals surface area contributed by atoms with Gasteiger partial charge in [0.1, 0.15) is 11.2 Å². The second-order valence-electron chi connectivity index (χ2n) is 13.9. The van der Waals surface area contributed by atoms with E-state index in [1.807, 2.05) is 72.0 Å². The number of thiophene rings is 1. The van der Waals surface area contributed by atoms with Crippen molar-refractivity contribution in [2.24, 2.45) is 0 Å². The van der Waals surface area contributed by atoms with Crippen LogP contribution in [0.4, 0.5) is 0 Å². The topological polar surface area (TPSA) is 51.8 Å². The third-order valence-corrected chi connectivity index (χ3v) is 11.7. The molecular formula is C51H31N3OS. The minimum Gasteiger partial charge on any atom is -0.455 e. The van der Waals surface area contributed by atoms with Gasteiger partial charge in [0.05, 0.1) is 0 Å². The molecule has 11 aromatic rings. The van der Waals surface area contributed by atoms with Crippen molar-refractivity contribution in [3.63, 3.8) is 0 Å². The number of nitrogens with zero attached hydrogens (tertiary/aromatic N) is 3.